The van der Waals surface area contributed by atoms with Crippen molar-refractivity contribution in [3.05, 3.63) is 29.2 Å². The van der Waals surface area contributed by atoms with E-state index in [4.69, 9.17) is 5.73 Å². The summed E-state index contributed by atoms with van der Waals surface area (Å²) in [6.07, 6.45) is -4.62. The molecule has 2 aromatic heterocycles. The molecule has 2 heterocycles. The molecule has 10 heteroatoms. The zero-order valence-electron chi connectivity index (χ0n) is 10.0. The summed E-state index contributed by atoms with van der Waals surface area (Å²) < 4.78 is 41.7. The van der Waals surface area contributed by atoms with E-state index in [9.17, 15) is 18.0 Å². The fourth-order valence-corrected chi connectivity index (χ4v) is 1.93. The first-order valence-corrected chi connectivity index (χ1v) is 6.00. The molecule has 3 N–H and O–H groups in total. The Labute approximate surface area is 115 Å². The highest BCUT2D eigenvalue weighted by Gasteiger charge is 2.33. The molecule has 0 saturated carbocycles. The molecule has 0 radical (unpaired) electrons. The van der Waals surface area contributed by atoms with Crippen molar-refractivity contribution < 1.29 is 18.0 Å². The Bertz CT molecular complexity index is 655. The third kappa shape index (κ3) is 3.02. The molecule has 1 amide bonds. The van der Waals surface area contributed by atoms with Crippen molar-refractivity contribution in [1.82, 2.24) is 14.3 Å². The van der Waals surface area contributed by atoms with Crippen molar-refractivity contribution in [3.8, 4) is 0 Å². The molecule has 0 atom stereocenters. The van der Waals surface area contributed by atoms with Crippen molar-refractivity contribution in [3.63, 3.8) is 0 Å². The third-order valence-corrected chi connectivity index (χ3v) is 2.93. The van der Waals surface area contributed by atoms with Gasteiger partial charge in [-0.1, -0.05) is 0 Å². The molecule has 2 rings (SSSR count). The zero-order chi connectivity index (χ0) is 14.9. The Kier molecular flexibility index (Phi) is 3.57. The number of pyridine rings is 1. The third-order valence-electron chi connectivity index (χ3n) is 2.20. The number of nitrogens with two attached hydrogens (primary N) is 1. The molecule has 0 fully saturated rings. The normalized spacial score (nSPS) is 11.4. The molecule has 0 aliphatic rings. The highest BCUT2D eigenvalue weighted by molar-refractivity contribution is 7.09. The number of amides is 1. The summed E-state index contributed by atoms with van der Waals surface area (Å²) in [7, 11) is 0. The Balaban J connectivity index is 2.44. The van der Waals surface area contributed by atoms with Gasteiger partial charge in [-0.3, -0.25) is 4.79 Å². The topological polar surface area (TPSA) is 93.8 Å². The molecule has 6 nitrogen and oxygen atoms in total. The average molecular weight is 303 g/mol. The van der Waals surface area contributed by atoms with Crippen LogP contribution in [0.15, 0.2) is 12.1 Å². The first kappa shape index (κ1) is 14.2. The Hall–Kier alpha value is -2.23. The van der Waals surface area contributed by atoms with Crippen molar-refractivity contribution in [1.29, 1.82) is 0 Å². The summed E-state index contributed by atoms with van der Waals surface area (Å²) >= 11 is 0.933. The molecule has 0 aromatic carbocycles. The van der Waals surface area contributed by atoms with Gasteiger partial charge in [0.15, 0.2) is 0 Å². The van der Waals surface area contributed by atoms with Crippen molar-refractivity contribution in [2.24, 2.45) is 5.73 Å². The molecule has 0 unspecified atom stereocenters. The number of alkyl halides is 3. The predicted octanol–water partition coefficient (Wildman–Crippen LogP) is 2.10. The minimum Gasteiger partial charge on any atom is -0.365 e. The smallest absolute Gasteiger partial charge is 0.365 e. The van der Waals surface area contributed by atoms with Gasteiger partial charge >= 0.3 is 6.18 Å². The number of hydrogen-bond acceptors (Lipinski definition) is 6. The van der Waals surface area contributed by atoms with Gasteiger partial charge in [0.25, 0.3) is 5.91 Å². The highest BCUT2D eigenvalue weighted by atomic mass is 32.1. The summed E-state index contributed by atoms with van der Waals surface area (Å²) in [6.45, 7) is 1.62. The monoisotopic (exact) mass is 303 g/mol. The van der Waals surface area contributed by atoms with Crippen molar-refractivity contribution in [2.45, 2.75) is 13.1 Å². The lowest BCUT2D eigenvalue weighted by Gasteiger charge is -2.10. The van der Waals surface area contributed by atoms with Gasteiger partial charge in [0.05, 0.1) is 5.56 Å². The lowest BCUT2D eigenvalue weighted by molar-refractivity contribution is -0.141. The Morgan fingerprint density at radius 1 is 1.35 bits per heavy atom. The molecule has 0 aliphatic heterocycles. The number of aromatic nitrogens is 3. The Morgan fingerprint density at radius 3 is 2.55 bits per heavy atom. The number of carbonyl (C=O) groups excluding carboxylic acids is 1. The molecule has 106 valence electrons. The number of nitrogens with one attached hydrogen (secondary N) is 1. The van der Waals surface area contributed by atoms with Crippen molar-refractivity contribution in [2.75, 3.05) is 5.32 Å². The van der Waals surface area contributed by atoms with E-state index in [0.717, 1.165) is 17.6 Å². The maximum absolute atomic E-state index is 12.6. The standard InChI is InChI=1S/C10H8F3N5OS/c1-4-15-9(20-18-4)17-8-5(7(14)19)2-3-6(16-8)10(11,12)13/h2-3H,1H3,(H2,14,19)(H,15,16,17,18). The largest absolute Gasteiger partial charge is 0.433 e. The number of nitrogens with zero attached hydrogens (tertiary/aromatic N) is 3. The van der Waals surface area contributed by atoms with Crippen LogP contribution < -0.4 is 11.1 Å². The predicted molar refractivity (Wildman–Crippen MR) is 65.7 cm³/mol. The number of hydrogen-bond donors (Lipinski definition) is 2. The second kappa shape index (κ2) is 5.04. The van der Waals surface area contributed by atoms with Gasteiger partial charge in [-0.05, 0) is 19.1 Å². The minimum absolute atomic E-state index is 0.161. The molecule has 0 aliphatic carbocycles. The molecule has 2 aromatic rings. The van der Waals surface area contributed by atoms with Crippen LogP contribution in [0.25, 0.3) is 0 Å². The number of carbonyl (C=O) groups is 1. The average Bonchev–Trinajstić information content (AvgIpc) is 2.73. The summed E-state index contributed by atoms with van der Waals surface area (Å²) in [5.41, 5.74) is 3.81. The van der Waals surface area contributed by atoms with Gasteiger partial charge in [0.2, 0.25) is 5.13 Å². The number of primary amides is 1. The second-order valence-corrected chi connectivity index (χ2v) is 4.48. The molecular formula is C10H8F3N5OS. The van der Waals surface area contributed by atoms with E-state index < -0.39 is 17.8 Å². The lowest BCUT2D eigenvalue weighted by atomic mass is 10.2. The fourth-order valence-electron chi connectivity index (χ4n) is 1.36. The van der Waals surface area contributed by atoms with E-state index in [1.807, 2.05) is 0 Å². The molecule has 20 heavy (non-hydrogen) atoms. The van der Waals surface area contributed by atoms with E-state index in [-0.39, 0.29) is 16.5 Å². The highest BCUT2D eigenvalue weighted by Crippen LogP contribution is 2.30. The number of aryl methyl sites for hydroxylation is 1. The van der Waals surface area contributed by atoms with Crippen LogP contribution in [-0.2, 0) is 6.18 Å². The summed E-state index contributed by atoms with van der Waals surface area (Å²) in [5, 5.41) is 2.74. The summed E-state index contributed by atoms with van der Waals surface area (Å²) in [4.78, 5) is 18.5. The van der Waals surface area contributed by atoms with Crippen LogP contribution in [0, 0.1) is 6.92 Å². The summed E-state index contributed by atoms with van der Waals surface area (Å²) in [6, 6.07) is 1.66. The van der Waals surface area contributed by atoms with Crippen LogP contribution in [0.3, 0.4) is 0 Å². The van der Waals surface area contributed by atoms with E-state index in [1.54, 1.807) is 6.92 Å². The van der Waals surface area contributed by atoms with Crippen LogP contribution in [0.4, 0.5) is 24.1 Å². The molecule has 0 spiro atoms. The fraction of sp³-hybridized carbons (Fsp3) is 0.200. The van der Waals surface area contributed by atoms with E-state index in [0.29, 0.717) is 11.9 Å². The zero-order valence-corrected chi connectivity index (χ0v) is 10.8. The van der Waals surface area contributed by atoms with Crippen LogP contribution in [0.1, 0.15) is 21.9 Å². The van der Waals surface area contributed by atoms with Crippen LogP contribution in [0.5, 0.6) is 0 Å². The van der Waals surface area contributed by atoms with Crippen LogP contribution in [-0.4, -0.2) is 20.2 Å². The molecular weight excluding hydrogens is 295 g/mol. The molecule has 0 saturated heterocycles. The van der Waals surface area contributed by atoms with E-state index in [2.05, 4.69) is 19.7 Å². The SMILES string of the molecule is Cc1nsc(Nc2nc(C(F)(F)F)ccc2C(N)=O)n1. The van der Waals surface area contributed by atoms with E-state index in [1.165, 1.54) is 0 Å². The maximum Gasteiger partial charge on any atom is 0.433 e. The minimum atomic E-state index is -4.62. The Morgan fingerprint density at radius 2 is 2.05 bits per heavy atom. The lowest BCUT2D eigenvalue weighted by Crippen LogP contribution is -2.17. The maximum atomic E-state index is 12.6. The number of rotatable bonds is 3. The first-order valence-electron chi connectivity index (χ1n) is 5.23. The number of anilines is 2. The first-order chi connectivity index (χ1) is 9.27. The van der Waals surface area contributed by atoms with Crippen LogP contribution in [0.2, 0.25) is 0 Å². The van der Waals surface area contributed by atoms with Gasteiger partial charge in [0.1, 0.15) is 17.3 Å². The van der Waals surface area contributed by atoms with Crippen molar-refractivity contribution >= 4 is 28.4 Å². The number of halogens is 3. The van der Waals surface area contributed by atoms with Gasteiger partial charge in [-0.2, -0.15) is 17.5 Å². The van der Waals surface area contributed by atoms with E-state index >= 15 is 0 Å². The van der Waals surface area contributed by atoms with Gasteiger partial charge < -0.3 is 11.1 Å². The summed E-state index contributed by atoms with van der Waals surface area (Å²) in [5.74, 6) is -0.747. The quantitative estimate of drug-likeness (QED) is 0.905. The van der Waals surface area contributed by atoms with Gasteiger partial charge in [0, 0.05) is 11.5 Å². The second-order valence-electron chi connectivity index (χ2n) is 3.73. The van der Waals surface area contributed by atoms with Crippen LogP contribution >= 0.6 is 11.5 Å². The molecule has 0 bridgehead atoms. The van der Waals surface area contributed by atoms with Gasteiger partial charge in [-0.25, -0.2) is 9.97 Å². The van der Waals surface area contributed by atoms with Gasteiger partial charge in [-0.15, -0.1) is 0 Å².